The highest BCUT2D eigenvalue weighted by Gasteiger charge is 2.00. The van der Waals surface area contributed by atoms with Gasteiger partial charge in [-0.15, -0.1) is 0 Å². The van der Waals surface area contributed by atoms with E-state index in [1.807, 2.05) is 19.1 Å². The summed E-state index contributed by atoms with van der Waals surface area (Å²) in [6, 6.07) is 0. The average Bonchev–Trinajstić information content (AvgIpc) is 2.49. The van der Waals surface area contributed by atoms with Crippen LogP contribution in [0.25, 0.3) is 0 Å². The number of ether oxygens (including phenoxy) is 1. The molecule has 0 saturated carbocycles. The Labute approximate surface area is 133 Å². The minimum Gasteiger partial charge on any atom is -0.390 e. The quantitative estimate of drug-likeness (QED) is 0.295. The molecule has 0 aromatic heterocycles. The van der Waals surface area contributed by atoms with Crippen molar-refractivity contribution in [3.8, 4) is 0 Å². The molecule has 2 nitrogen and oxygen atoms in total. The summed E-state index contributed by atoms with van der Waals surface area (Å²) >= 11 is 0. The zero-order chi connectivity index (χ0) is 15.6. The van der Waals surface area contributed by atoms with Gasteiger partial charge in [0.05, 0.1) is 12.7 Å². The Morgan fingerprint density at radius 1 is 0.857 bits per heavy atom. The Hall–Kier alpha value is -0.340. The van der Waals surface area contributed by atoms with Gasteiger partial charge in [0.2, 0.25) is 0 Å². The van der Waals surface area contributed by atoms with Crippen molar-refractivity contribution in [2.24, 2.45) is 0 Å². The highest BCUT2D eigenvalue weighted by Crippen LogP contribution is 2.11. The molecule has 0 aliphatic carbocycles. The van der Waals surface area contributed by atoms with Crippen LogP contribution in [0.5, 0.6) is 0 Å². The van der Waals surface area contributed by atoms with E-state index in [0.717, 1.165) is 13.0 Å². The molecule has 0 rings (SSSR count). The fraction of sp³-hybridized carbons (Fsp3) is 0.895. The lowest BCUT2D eigenvalue weighted by atomic mass is 10.1. The van der Waals surface area contributed by atoms with Crippen LogP contribution in [0.2, 0.25) is 0 Å². The summed E-state index contributed by atoms with van der Waals surface area (Å²) in [6.07, 6.45) is 19.2. The van der Waals surface area contributed by atoms with Gasteiger partial charge in [-0.3, -0.25) is 0 Å². The van der Waals surface area contributed by atoms with Gasteiger partial charge in [0.15, 0.2) is 0 Å². The number of aliphatic hydroxyl groups is 1. The van der Waals surface area contributed by atoms with Crippen molar-refractivity contribution in [2.45, 2.75) is 97.0 Å². The molecule has 1 N–H and O–H groups in total. The lowest BCUT2D eigenvalue weighted by molar-refractivity contribution is 0.0367. The summed E-state index contributed by atoms with van der Waals surface area (Å²) in [4.78, 5) is 0. The lowest BCUT2D eigenvalue weighted by Crippen LogP contribution is -2.14. The highest BCUT2D eigenvalue weighted by molar-refractivity contribution is 4.79. The molecule has 0 aliphatic rings. The monoisotopic (exact) mass is 298 g/mol. The lowest BCUT2D eigenvalue weighted by Gasteiger charge is -2.09. The second-order valence-corrected chi connectivity index (χ2v) is 6.07. The van der Waals surface area contributed by atoms with Crippen molar-refractivity contribution in [3.05, 3.63) is 12.2 Å². The van der Waals surface area contributed by atoms with Crippen LogP contribution in [0.3, 0.4) is 0 Å². The number of unbranched alkanes of at least 4 members (excludes halogenated alkanes) is 10. The van der Waals surface area contributed by atoms with Gasteiger partial charge in [-0.05, 0) is 19.8 Å². The van der Waals surface area contributed by atoms with Crippen LogP contribution in [0.4, 0.5) is 0 Å². The number of rotatable bonds is 16. The molecule has 0 aliphatic heterocycles. The van der Waals surface area contributed by atoms with E-state index >= 15 is 0 Å². The van der Waals surface area contributed by atoms with Gasteiger partial charge >= 0.3 is 0 Å². The number of hydrogen-bond donors (Lipinski definition) is 1. The first-order valence-electron chi connectivity index (χ1n) is 9.18. The van der Waals surface area contributed by atoms with Crippen molar-refractivity contribution in [1.29, 1.82) is 0 Å². The van der Waals surface area contributed by atoms with E-state index in [4.69, 9.17) is 4.74 Å². The number of allylic oxidation sites excluding steroid dienone is 1. The van der Waals surface area contributed by atoms with E-state index in [9.17, 15) is 5.11 Å². The van der Waals surface area contributed by atoms with Crippen molar-refractivity contribution >= 4 is 0 Å². The predicted molar refractivity (Wildman–Crippen MR) is 92.7 cm³/mol. The zero-order valence-corrected chi connectivity index (χ0v) is 14.5. The fourth-order valence-electron chi connectivity index (χ4n) is 2.45. The molecule has 0 amide bonds. The highest BCUT2D eigenvalue weighted by atomic mass is 16.5. The van der Waals surface area contributed by atoms with Crippen molar-refractivity contribution in [2.75, 3.05) is 13.2 Å². The second kappa shape index (κ2) is 17.7. The van der Waals surface area contributed by atoms with Crippen LogP contribution in [0.15, 0.2) is 12.2 Å². The molecule has 0 saturated heterocycles. The Morgan fingerprint density at radius 3 is 1.90 bits per heavy atom. The van der Waals surface area contributed by atoms with Crippen molar-refractivity contribution in [1.82, 2.24) is 0 Å². The largest absolute Gasteiger partial charge is 0.390 e. The van der Waals surface area contributed by atoms with Crippen LogP contribution in [0, 0.1) is 0 Å². The number of aliphatic hydroxyl groups excluding tert-OH is 1. The first kappa shape index (κ1) is 20.7. The van der Waals surface area contributed by atoms with E-state index in [2.05, 4.69) is 6.92 Å². The standard InChI is InChI=1S/C19H38O2/c1-3-5-7-8-9-10-11-12-13-14-15-17-21-18-19(20)16-6-4-2/h4,6,19-20H,3,5,7-18H2,1-2H3. The van der Waals surface area contributed by atoms with Gasteiger partial charge in [0.25, 0.3) is 0 Å². The van der Waals surface area contributed by atoms with Crippen LogP contribution in [0.1, 0.15) is 90.9 Å². The second-order valence-electron chi connectivity index (χ2n) is 6.07. The number of hydrogen-bond acceptors (Lipinski definition) is 2. The van der Waals surface area contributed by atoms with E-state index in [0.29, 0.717) is 13.0 Å². The fourth-order valence-corrected chi connectivity index (χ4v) is 2.45. The molecule has 0 aromatic carbocycles. The van der Waals surface area contributed by atoms with E-state index < -0.39 is 0 Å². The van der Waals surface area contributed by atoms with Crippen LogP contribution < -0.4 is 0 Å². The van der Waals surface area contributed by atoms with E-state index in [1.54, 1.807) is 0 Å². The molecule has 2 heteroatoms. The summed E-state index contributed by atoms with van der Waals surface area (Å²) in [5.41, 5.74) is 0. The van der Waals surface area contributed by atoms with E-state index in [1.165, 1.54) is 64.2 Å². The molecule has 0 aromatic rings. The summed E-state index contributed by atoms with van der Waals surface area (Å²) in [5, 5.41) is 9.58. The molecule has 21 heavy (non-hydrogen) atoms. The van der Waals surface area contributed by atoms with Crippen LogP contribution in [-0.2, 0) is 4.74 Å². The third-order valence-electron chi connectivity index (χ3n) is 3.85. The average molecular weight is 299 g/mol. The molecule has 1 unspecified atom stereocenters. The molecular formula is C19H38O2. The molecule has 0 radical (unpaired) electrons. The zero-order valence-electron chi connectivity index (χ0n) is 14.5. The van der Waals surface area contributed by atoms with Gasteiger partial charge < -0.3 is 9.84 Å². The first-order chi connectivity index (χ1) is 10.3. The Morgan fingerprint density at radius 2 is 1.38 bits per heavy atom. The third kappa shape index (κ3) is 17.6. The van der Waals surface area contributed by atoms with Gasteiger partial charge in [0, 0.05) is 6.61 Å². The van der Waals surface area contributed by atoms with Gasteiger partial charge in [-0.2, -0.15) is 0 Å². The minimum atomic E-state index is -0.339. The SMILES string of the molecule is CC=CCC(O)COCCCCCCCCCCCCC. The molecule has 1 atom stereocenters. The van der Waals surface area contributed by atoms with Gasteiger partial charge in [0.1, 0.15) is 0 Å². The summed E-state index contributed by atoms with van der Waals surface area (Å²) in [5.74, 6) is 0. The topological polar surface area (TPSA) is 29.5 Å². The summed E-state index contributed by atoms with van der Waals surface area (Å²) < 4.78 is 5.49. The molecular weight excluding hydrogens is 260 g/mol. The van der Waals surface area contributed by atoms with Crippen LogP contribution >= 0.6 is 0 Å². The first-order valence-corrected chi connectivity index (χ1v) is 9.18. The molecule has 0 fully saturated rings. The Kier molecular flexibility index (Phi) is 17.4. The van der Waals surface area contributed by atoms with E-state index in [-0.39, 0.29) is 6.10 Å². The van der Waals surface area contributed by atoms with Crippen molar-refractivity contribution in [3.63, 3.8) is 0 Å². The molecule has 0 bridgehead atoms. The smallest absolute Gasteiger partial charge is 0.0807 e. The Balaban J connectivity index is 3.05. The normalized spacial score (nSPS) is 13.1. The van der Waals surface area contributed by atoms with Crippen molar-refractivity contribution < 1.29 is 9.84 Å². The van der Waals surface area contributed by atoms with Gasteiger partial charge in [-0.25, -0.2) is 0 Å². The van der Waals surface area contributed by atoms with Crippen LogP contribution in [-0.4, -0.2) is 24.4 Å². The van der Waals surface area contributed by atoms with Gasteiger partial charge in [-0.1, -0.05) is 83.3 Å². The molecule has 0 spiro atoms. The minimum absolute atomic E-state index is 0.339. The maximum absolute atomic E-state index is 9.58. The summed E-state index contributed by atoms with van der Waals surface area (Å²) in [6.45, 7) is 5.51. The maximum Gasteiger partial charge on any atom is 0.0807 e. The predicted octanol–water partition coefficient (Wildman–Crippen LogP) is 5.64. The summed E-state index contributed by atoms with van der Waals surface area (Å²) in [7, 11) is 0. The third-order valence-corrected chi connectivity index (χ3v) is 3.85. The maximum atomic E-state index is 9.58. The molecule has 0 heterocycles. The Bertz CT molecular complexity index is 214. The molecule has 126 valence electrons.